The van der Waals surface area contributed by atoms with E-state index in [0.717, 1.165) is 36.8 Å². The fraction of sp³-hybridized carbons (Fsp3) is 0.543. The summed E-state index contributed by atoms with van der Waals surface area (Å²) in [7, 11) is 3.17. The molecule has 0 radical (unpaired) electrons. The van der Waals surface area contributed by atoms with Crippen LogP contribution < -0.4 is 14.8 Å². The second-order valence-electron chi connectivity index (χ2n) is 12.9. The van der Waals surface area contributed by atoms with Gasteiger partial charge in [-0.3, -0.25) is 9.59 Å². The first-order chi connectivity index (χ1) is 21.7. The van der Waals surface area contributed by atoms with Crippen molar-refractivity contribution in [2.75, 3.05) is 20.8 Å². The van der Waals surface area contributed by atoms with Crippen LogP contribution in [0.2, 0.25) is 0 Å². The van der Waals surface area contributed by atoms with Gasteiger partial charge < -0.3 is 29.0 Å². The average Bonchev–Trinajstić information content (AvgIpc) is 3.28. The fourth-order valence-electron chi connectivity index (χ4n) is 7.53. The summed E-state index contributed by atoms with van der Waals surface area (Å²) in [5.74, 6) is 0.896. The summed E-state index contributed by atoms with van der Waals surface area (Å²) in [5.41, 5.74) is 1.45. The van der Waals surface area contributed by atoms with E-state index < -0.39 is 23.9 Å². The minimum absolute atomic E-state index is 0.000931. The molecule has 5 fully saturated rings. The lowest BCUT2D eigenvalue weighted by Gasteiger charge is -2.60. The van der Waals surface area contributed by atoms with Crippen LogP contribution in [-0.2, 0) is 35.4 Å². The molecule has 10 heteroatoms. The molecule has 7 rings (SSSR count). The molecule has 0 aromatic heterocycles. The fourth-order valence-corrected chi connectivity index (χ4v) is 7.53. The Labute approximate surface area is 264 Å². The van der Waals surface area contributed by atoms with Gasteiger partial charge in [0.05, 0.1) is 20.8 Å². The summed E-state index contributed by atoms with van der Waals surface area (Å²) in [6.45, 7) is 6.36. The van der Waals surface area contributed by atoms with E-state index in [0.29, 0.717) is 23.0 Å². The van der Waals surface area contributed by atoms with Gasteiger partial charge in [-0.05, 0) is 73.9 Å². The van der Waals surface area contributed by atoms with Crippen LogP contribution in [0.1, 0.15) is 67.9 Å². The Morgan fingerprint density at radius 3 is 2.56 bits per heavy atom. The molecule has 2 aromatic carbocycles. The molecule has 1 saturated carbocycles. The highest BCUT2D eigenvalue weighted by Gasteiger charge is 2.69. The predicted octanol–water partition coefficient (Wildman–Crippen LogP) is 5.44. The molecule has 10 nitrogen and oxygen atoms in total. The first-order valence-electron chi connectivity index (χ1n) is 15.8. The monoisotopic (exact) mass is 621 g/mol. The lowest BCUT2D eigenvalue weighted by molar-refractivity contribution is -0.571. The Hall–Kier alpha value is -3.28. The number of fused-ring (bicyclic) bond motifs is 2. The SMILES string of the molecule is COc1ccc(OC)c(/C=C/C(=O)c2ccc(COCC(=O)N[C@H]3O[C@@H]4O[C@@]5(C)CC[C@H]6[C@H](C)CC[C@@H]([C@H]3C)[C@@]46OO5)cc2)c1. The van der Waals surface area contributed by atoms with Crippen molar-refractivity contribution in [1.82, 2.24) is 5.32 Å². The zero-order chi connectivity index (χ0) is 31.8. The van der Waals surface area contributed by atoms with Crippen molar-refractivity contribution in [3.8, 4) is 11.5 Å². The minimum Gasteiger partial charge on any atom is -0.497 e. The topological polar surface area (TPSA) is 111 Å². The zero-order valence-electron chi connectivity index (χ0n) is 26.6. The maximum Gasteiger partial charge on any atom is 0.248 e. The third-order valence-electron chi connectivity index (χ3n) is 10.1. The zero-order valence-corrected chi connectivity index (χ0v) is 26.6. The van der Waals surface area contributed by atoms with Crippen LogP contribution in [0.3, 0.4) is 0 Å². The summed E-state index contributed by atoms with van der Waals surface area (Å²) < 4.78 is 29.2. The lowest BCUT2D eigenvalue weighted by Crippen LogP contribution is -2.72. The lowest BCUT2D eigenvalue weighted by atomic mass is 9.58. The minimum atomic E-state index is -0.865. The van der Waals surface area contributed by atoms with E-state index in [1.54, 1.807) is 50.6 Å². The van der Waals surface area contributed by atoms with E-state index in [1.165, 1.54) is 6.08 Å². The number of rotatable bonds is 10. The van der Waals surface area contributed by atoms with E-state index >= 15 is 0 Å². The van der Waals surface area contributed by atoms with E-state index in [-0.39, 0.29) is 42.7 Å². The number of allylic oxidation sites excluding steroid dienone is 1. The van der Waals surface area contributed by atoms with Gasteiger partial charge in [-0.25, -0.2) is 9.78 Å². The van der Waals surface area contributed by atoms with Crippen molar-refractivity contribution in [2.45, 2.75) is 77.0 Å². The maximum atomic E-state index is 13.0. The number of carbonyl (C=O) groups is 2. The van der Waals surface area contributed by atoms with Crippen molar-refractivity contribution >= 4 is 17.8 Å². The molecule has 4 aliphatic heterocycles. The Bertz CT molecular complexity index is 1430. The van der Waals surface area contributed by atoms with Crippen LogP contribution in [0.5, 0.6) is 11.5 Å². The number of nitrogens with one attached hydrogen (secondary N) is 1. The molecule has 2 bridgehead atoms. The first kappa shape index (κ1) is 31.7. The number of hydrogen-bond acceptors (Lipinski definition) is 9. The smallest absolute Gasteiger partial charge is 0.248 e. The molecule has 1 amide bonds. The van der Waals surface area contributed by atoms with Crippen molar-refractivity contribution in [3.63, 3.8) is 0 Å². The number of ketones is 1. The van der Waals surface area contributed by atoms with Crippen LogP contribution >= 0.6 is 0 Å². The molecule has 5 aliphatic rings. The summed E-state index contributed by atoms with van der Waals surface area (Å²) in [4.78, 5) is 37.8. The highest BCUT2D eigenvalue weighted by atomic mass is 17.3. The Kier molecular flexibility index (Phi) is 9.05. The second-order valence-corrected chi connectivity index (χ2v) is 12.9. The van der Waals surface area contributed by atoms with E-state index in [2.05, 4.69) is 19.2 Å². The summed E-state index contributed by atoms with van der Waals surface area (Å²) in [6.07, 6.45) is 5.80. The van der Waals surface area contributed by atoms with Crippen LogP contribution in [0, 0.1) is 23.7 Å². The molecular formula is C35H43NO9. The second kappa shape index (κ2) is 12.8. The average molecular weight is 622 g/mol. The van der Waals surface area contributed by atoms with E-state index in [9.17, 15) is 9.59 Å². The highest BCUT2D eigenvalue weighted by Crippen LogP contribution is 2.60. The van der Waals surface area contributed by atoms with Crippen molar-refractivity contribution < 1.29 is 43.0 Å². The molecule has 0 unspecified atom stereocenters. The number of hydrogen-bond donors (Lipinski definition) is 1. The Morgan fingerprint density at radius 1 is 1.00 bits per heavy atom. The first-order valence-corrected chi connectivity index (χ1v) is 15.8. The number of amides is 1. The largest absolute Gasteiger partial charge is 0.497 e. The van der Waals surface area contributed by atoms with Gasteiger partial charge in [0.15, 0.2) is 17.7 Å². The quantitative estimate of drug-likeness (QED) is 0.211. The van der Waals surface area contributed by atoms with Gasteiger partial charge in [0.25, 0.3) is 0 Å². The molecule has 1 N–H and O–H groups in total. The van der Waals surface area contributed by atoms with Crippen molar-refractivity contribution in [1.29, 1.82) is 0 Å². The van der Waals surface area contributed by atoms with Crippen LogP contribution in [-0.4, -0.2) is 56.4 Å². The van der Waals surface area contributed by atoms with Crippen molar-refractivity contribution in [3.05, 3.63) is 65.2 Å². The van der Waals surface area contributed by atoms with Crippen molar-refractivity contribution in [2.24, 2.45) is 23.7 Å². The third-order valence-corrected chi connectivity index (χ3v) is 10.1. The van der Waals surface area contributed by atoms with Crippen LogP contribution in [0.25, 0.3) is 6.08 Å². The van der Waals surface area contributed by atoms with Gasteiger partial charge in [0.2, 0.25) is 11.7 Å². The van der Waals surface area contributed by atoms with Gasteiger partial charge >= 0.3 is 0 Å². The Balaban J connectivity index is 1.02. The molecular weight excluding hydrogens is 578 g/mol. The number of benzene rings is 2. The maximum absolute atomic E-state index is 13.0. The normalized spacial score (nSPS) is 33.7. The van der Waals surface area contributed by atoms with Crippen LogP contribution in [0.4, 0.5) is 0 Å². The molecule has 4 saturated heterocycles. The molecule has 2 aromatic rings. The number of ether oxygens (including phenoxy) is 5. The summed E-state index contributed by atoms with van der Waals surface area (Å²) in [5, 5.41) is 3.03. The van der Waals surface area contributed by atoms with Crippen LogP contribution in [0.15, 0.2) is 48.5 Å². The molecule has 1 spiro atoms. The van der Waals surface area contributed by atoms with E-state index in [1.807, 2.05) is 19.1 Å². The highest BCUT2D eigenvalue weighted by molar-refractivity contribution is 6.07. The summed E-state index contributed by atoms with van der Waals surface area (Å²) in [6, 6.07) is 12.5. The third kappa shape index (κ3) is 6.14. The van der Waals surface area contributed by atoms with Gasteiger partial charge in [0.1, 0.15) is 24.3 Å². The number of carbonyl (C=O) groups excluding carboxylic acids is 2. The molecule has 1 aliphatic carbocycles. The summed E-state index contributed by atoms with van der Waals surface area (Å²) >= 11 is 0. The number of methoxy groups -OCH3 is 2. The van der Waals surface area contributed by atoms with Gasteiger partial charge in [0, 0.05) is 29.4 Å². The molecule has 8 atom stereocenters. The molecule has 242 valence electrons. The van der Waals surface area contributed by atoms with Gasteiger partial charge in [-0.15, -0.1) is 0 Å². The predicted molar refractivity (Wildman–Crippen MR) is 164 cm³/mol. The van der Waals surface area contributed by atoms with E-state index in [4.69, 9.17) is 33.5 Å². The Morgan fingerprint density at radius 2 is 1.80 bits per heavy atom. The molecule has 4 heterocycles. The standard InChI is InChI=1S/C35H43NO9/c1-21-6-13-28-22(2)32(42-33-35(28)27(21)16-17-34(3,43-33)44-45-35)36-31(38)20-41-19-23-7-9-24(10-8-23)29(37)14-11-25-18-26(39-4)12-15-30(25)40-5/h7-12,14-15,18,21-22,27-28,32-33H,6,13,16-17,19-20H2,1-5H3,(H,36,38)/b14-11+/t21-,22-,27+,28+,32+,33-,34-,35-/m1/s1. The van der Waals surface area contributed by atoms with Gasteiger partial charge in [-0.1, -0.05) is 38.1 Å². The van der Waals surface area contributed by atoms with Gasteiger partial charge in [-0.2, -0.15) is 0 Å². The molecule has 45 heavy (non-hydrogen) atoms.